The molecular weight excluding hydrogens is 418 g/mol. The van der Waals surface area contributed by atoms with Crippen molar-refractivity contribution >= 4 is 22.6 Å². The van der Waals surface area contributed by atoms with E-state index < -0.39 is 5.63 Å². The van der Waals surface area contributed by atoms with Gasteiger partial charge in [0.25, 0.3) is 5.91 Å². The molecular formula is C27H19NO5. The van der Waals surface area contributed by atoms with E-state index in [4.69, 9.17) is 13.9 Å². The van der Waals surface area contributed by atoms with Gasteiger partial charge in [0.1, 0.15) is 23.7 Å². The van der Waals surface area contributed by atoms with Gasteiger partial charge in [-0.3, -0.25) is 4.79 Å². The molecule has 5 aromatic rings. The van der Waals surface area contributed by atoms with Gasteiger partial charge in [0.2, 0.25) is 0 Å². The minimum absolute atomic E-state index is 0.154. The molecule has 0 aliphatic heterocycles. The lowest BCUT2D eigenvalue weighted by Gasteiger charge is -2.07. The van der Waals surface area contributed by atoms with Gasteiger partial charge in [-0.15, -0.1) is 0 Å². The summed E-state index contributed by atoms with van der Waals surface area (Å²) in [6, 6.07) is 26.7. The van der Waals surface area contributed by atoms with Crippen LogP contribution in [-0.4, -0.2) is 11.0 Å². The highest BCUT2D eigenvalue weighted by atomic mass is 16.4. The highest BCUT2D eigenvalue weighted by molar-refractivity contribution is 6.04. The Bertz CT molecular complexity index is 1490. The van der Waals surface area contributed by atoms with Crippen LogP contribution < -0.4 is 10.9 Å². The molecule has 5 rings (SSSR count). The molecule has 0 fully saturated rings. The fourth-order valence-electron chi connectivity index (χ4n) is 3.60. The Hall–Kier alpha value is -4.42. The first-order valence-corrected chi connectivity index (χ1v) is 10.4. The maximum atomic E-state index is 12.7. The first kappa shape index (κ1) is 20.5. The number of benzene rings is 3. The Morgan fingerprint density at radius 1 is 0.818 bits per heavy atom. The van der Waals surface area contributed by atoms with Crippen LogP contribution in [0, 0.1) is 0 Å². The van der Waals surface area contributed by atoms with Crippen LogP contribution in [0.15, 0.2) is 105 Å². The molecule has 0 spiro atoms. The molecule has 0 aliphatic rings. The van der Waals surface area contributed by atoms with E-state index in [0.717, 1.165) is 10.9 Å². The van der Waals surface area contributed by atoms with Crippen molar-refractivity contribution in [2.45, 2.75) is 6.61 Å². The highest BCUT2D eigenvalue weighted by Gasteiger charge is 2.11. The lowest BCUT2D eigenvalue weighted by Crippen LogP contribution is -2.11. The number of fused-ring (bicyclic) bond motifs is 1. The third kappa shape index (κ3) is 4.20. The van der Waals surface area contributed by atoms with E-state index in [0.29, 0.717) is 39.5 Å². The van der Waals surface area contributed by atoms with E-state index in [1.165, 1.54) is 0 Å². The van der Waals surface area contributed by atoms with Gasteiger partial charge < -0.3 is 19.3 Å². The Labute approximate surface area is 188 Å². The molecule has 6 nitrogen and oxygen atoms in total. The number of amides is 1. The van der Waals surface area contributed by atoms with Gasteiger partial charge in [0.15, 0.2) is 0 Å². The second-order valence-corrected chi connectivity index (χ2v) is 7.52. The third-order valence-corrected chi connectivity index (χ3v) is 5.34. The molecule has 33 heavy (non-hydrogen) atoms. The molecule has 0 saturated carbocycles. The lowest BCUT2D eigenvalue weighted by atomic mass is 10.0. The molecule has 2 heterocycles. The number of aliphatic hydroxyl groups is 1. The van der Waals surface area contributed by atoms with Gasteiger partial charge in [-0.05, 0) is 66.2 Å². The SMILES string of the molecule is O=C(Nc1ccc(-c2ccc(CO)o2)cc1)c1ccc(-c2cc3ccccc3oc2=O)cc1. The van der Waals surface area contributed by atoms with Crippen molar-refractivity contribution in [3.05, 3.63) is 113 Å². The topological polar surface area (TPSA) is 92.7 Å². The van der Waals surface area contributed by atoms with E-state index in [1.54, 1.807) is 60.7 Å². The Morgan fingerprint density at radius 2 is 1.55 bits per heavy atom. The second kappa shape index (κ2) is 8.61. The third-order valence-electron chi connectivity index (χ3n) is 5.34. The van der Waals surface area contributed by atoms with Gasteiger partial charge in [0, 0.05) is 22.2 Å². The monoisotopic (exact) mass is 437 g/mol. The number of hydrogen-bond donors (Lipinski definition) is 2. The smallest absolute Gasteiger partial charge is 0.344 e. The predicted molar refractivity (Wildman–Crippen MR) is 126 cm³/mol. The molecule has 3 aromatic carbocycles. The van der Waals surface area contributed by atoms with E-state index in [1.807, 2.05) is 30.3 Å². The summed E-state index contributed by atoms with van der Waals surface area (Å²) in [5.74, 6) is 0.874. The Morgan fingerprint density at radius 3 is 2.27 bits per heavy atom. The summed E-state index contributed by atoms with van der Waals surface area (Å²) in [6.07, 6.45) is 0. The molecule has 0 aliphatic carbocycles. The number of para-hydroxylation sites is 1. The second-order valence-electron chi connectivity index (χ2n) is 7.52. The number of rotatable bonds is 5. The van der Waals surface area contributed by atoms with Gasteiger partial charge in [0.05, 0.1) is 5.56 Å². The van der Waals surface area contributed by atoms with Crippen LogP contribution in [0.5, 0.6) is 0 Å². The fourth-order valence-corrected chi connectivity index (χ4v) is 3.60. The molecule has 0 radical (unpaired) electrons. The first-order valence-electron chi connectivity index (χ1n) is 10.4. The van der Waals surface area contributed by atoms with E-state index >= 15 is 0 Å². The standard InChI is InChI=1S/C27H19NO5/c29-16-22-13-14-25(32-22)18-9-11-21(12-10-18)28-26(30)19-7-5-17(6-8-19)23-15-20-3-1-2-4-24(20)33-27(23)31/h1-15,29H,16H2,(H,28,30). The van der Waals surface area contributed by atoms with Crippen LogP contribution in [0.25, 0.3) is 33.4 Å². The molecule has 0 saturated heterocycles. The first-order chi connectivity index (χ1) is 16.1. The van der Waals surface area contributed by atoms with E-state index in [9.17, 15) is 9.59 Å². The molecule has 0 bridgehead atoms. The summed E-state index contributed by atoms with van der Waals surface area (Å²) >= 11 is 0. The zero-order valence-electron chi connectivity index (χ0n) is 17.4. The molecule has 2 N–H and O–H groups in total. The minimum atomic E-state index is -0.423. The average Bonchev–Trinajstić information content (AvgIpc) is 3.34. The Balaban J connectivity index is 1.32. The summed E-state index contributed by atoms with van der Waals surface area (Å²) in [5.41, 5.74) is 3.17. The van der Waals surface area contributed by atoms with Gasteiger partial charge in [-0.2, -0.15) is 0 Å². The van der Waals surface area contributed by atoms with Crippen molar-refractivity contribution in [2.75, 3.05) is 5.32 Å². The predicted octanol–water partition coefficient (Wildman–Crippen LogP) is 5.46. The van der Waals surface area contributed by atoms with Crippen molar-refractivity contribution in [2.24, 2.45) is 0 Å². The van der Waals surface area contributed by atoms with Gasteiger partial charge in [-0.1, -0.05) is 30.3 Å². The van der Waals surface area contributed by atoms with E-state index in [-0.39, 0.29) is 12.5 Å². The highest BCUT2D eigenvalue weighted by Crippen LogP contribution is 2.25. The average molecular weight is 437 g/mol. The molecule has 0 atom stereocenters. The maximum absolute atomic E-state index is 12.7. The number of carbonyl (C=O) groups is 1. The number of carbonyl (C=O) groups excluding carboxylic acids is 1. The van der Waals surface area contributed by atoms with Gasteiger partial charge in [-0.25, -0.2) is 4.79 Å². The lowest BCUT2D eigenvalue weighted by molar-refractivity contribution is 0.102. The van der Waals surface area contributed by atoms with Crippen molar-refractivity contribution in [3.63, 3.8) is 0 Å². The number of nitrogens with one attached hydrogen (secondary N) is 1. The number of anilines is 1. The van der Waals surface area contributed by atoms with Crippen LogP contribution in [0.4, 0.5) is 5.69 Å². The zero-order chi connectivity index (χ0) is 22.8. The normalized spacial score (nSPS) is 10.9. The molecule has 2 aromatic heterocycles. The largest absolute Gasteiger partial charge is 0.459 e. The van der Waals surface area contributed by atoms with E-state index in [2.05, 4.69) is 5.32 Å². The van der Waals surface area contributed by atoms with Crippen LogP contribution >= 0.6 is 0 Å². The van der Waals surface area contributed by atoms with Crippen molar-refractivity contribution in [3.8, 4) is 22.5 Å². The molecule has 6 heteroatoms. The van der Waals surface area contributed by atoms with Crippen molar-refractivity contribution < 1.29 is 18.7 Å². The maximum Gasteiger partial charge on any atom is 0.344 e. The summed E-state index contributed by atoms with van der Waals surface area (Å²) in [4.78, 5) is 25.0. The molecule has 1 amide bonds. The number of aliphatic hydroxyl groups excluding tert-OH is 1. The van der Waals surface area contributed by atoms with Crippen LogP contribution in [0.2, 0.25) is 0 Å². The van der Waals surface area contributed by atoms with Crippen LogP contribution in [0.1, 0.15) is 16.1 Å². The zero-order valence-corrected chi connectivity index (χ0v) is 17.4. The molecule has 162 valence electrons. The molecule has 0 unspecified atom stereocenters. The van der Waals surface area contributed by atoms with Crippen LogP contribution in [0.3, 0.4) is 0 Å². The number of furan rings is 1. The van der Waals surface area contributed by atoms with Gasteiger partial charge >= 0.3 is 5.63 Å². The summed E-state index contributed by atoms with van der Waals surface area (Å²) in [5, 5.41) is 12.8. The van der Waals surface area contributed by atoms with Crippen molar-refractivity contribution in [1.82, 2.24) is 0 Å². The summed E-state index contributed by atoms with van der Waals surface area (Å²) in [7, 11) is 0. The summed E-state index contributed by atoms with van der Waals surface area (Å²) < 4.78 is 10.9. The fraction of sp³-hybridized carbons (Fsp3) is 0.0370. The minimum Gasteiger partial charge on any atom is -0.459 e. The number of hydrogen-bond acceptors (Lipinski definition) is 5. The quantitative estimate of drug-likeness (QED) is 0.356. The van der Waals surface area contributed by atoms with Crippen molar-refractivity contribution in [1.29, 1.82) is 0 Å². The summed E-state index contributed by atoms with van der Waals surface area (Å²) in [6.45, 7) is -0.154. The Kier molecular flexibility index (Phi) is 5.34. The van der Waals surface area contributed by atoms with Crippen LogP contribution in [-0.2, 0) is 6.61 Å².